The number of aromatic hydroxyl groups is 1. The van der Waals surface area contributed by atoms with Crippen molar-refractivity contribution >= 4 is 26.3 Å². The zero-order valence-electron chi connectivity index (χ0n) is 30.7. The van der Waals surface area contributed by atoms with Crippen molar-refractivity contribution in [2.45, 2.75) is 38.5 Å². The van der Waals surface area contributed by atoms with E-state index in [-0.39, 0.29) is 63.5 Å². The number of aliphatic hydroxyl groups is 1. The zero-order valence-corrected chi connectivity index (χ0v) is 29.7. The fraction of sp³-hybridized carbons (Fsp3) is 0.289. The van der Waals surface area contributed by atoms with E-state index in [1.54, 1.807) is 0 Å². The van der Waals surface area contributed by atoms with Gasteiger partial charge in [-0.2, -0.15) is 0 Å². The molecule has 0 aliphatic carbocycles. The van der Waals surface area contributed by atoms with Crippen LogP contribution in [0.25, 0.3) is 0 Å². The van der Waals surface area contributed by atoms with E-state index >= 15 is 0 Å². The number of hydrogen-bond donors (Lipinski definition) is 3. The number of esters is 2. The molecule has 0 aliphatic heterocycles. The van der Waals surface area contributed by atoms with Crippen LogP contribution in [0, 0.1) is 54.5 Å². The monoisotopic (exact) mass is 731 g/mol. The Morgan fingerprint density at radius 2 is 1.06 bits per heavy atom. The summed E-state index contributed by atoms with van der Waals surface area (Å²) in [6, 6.07) is 10.2. The molecule has 3 rings (SSSR count). The first kappa shape index (κ1) is 51.9. The fourth-order valence-corrected chi connectivity index (χ4v) is 3.37. The third kappa shape index (κ3) is 22.2. The summed E-state index contributed by atoms with van der Waals surface area (Å²) in [5, 5.41) is 26.0. The number of aliphatic hydroxyl groups excluding tert-OH is 1. The van der Waals surface area contributed by atoms with Crippen LogP contribution in [0.15, 0.2) is 54.6 Å². The van der Waals surface area contributed by atoms with Crippen LogP contribution in [0.2, 0.25) is 0 Å². The normalized spacial score (nSPS) is 8.89. The Hall–Kier alpha value is -5.44. The van der Waals surface area contributed by atoms with E-state index in [1.165, 1.54) is 25.3 Å². The molecule has 3 N–H and O–H groups in total. The summed E-state index contributed by atoms with van der Waals surface area (Å²) in [4.78, 5) is 33.0. The van der Waals surface area contributed by atoms with E-state index in [0.717, 1.165) is 49.9 Å². The Morgan fingerprint density at radius 1 is 0.679 bits per heavy atom. The Kier molecular flexibility index (Phi) is 30.7. The molecule has 0 fully saturated rings. The molecule has 0 bridgehead atoms. The first-order valence-electron chi connectivity index (χ1n) is 15.0. The molecule has 3 radical (unpaired) electrons. The van der Waals surface area contributed by atoms with Gasteiger partial charge in [-0.15, -0.1) is 37.0 Å². The van der Waals surface area contributed by atoms with Crippen LogP contribution in [0.1, 0.15) is 71.0 Å². The number of halogens is 3. The van der Waals surface area contributed by atoms with E-state index < -0.39 is 35.4 Å². The number of unbranched alkanes of at least 4 members (excludes halogenated alkanes) is 3. The molecule has 277 valence electrons. The van der Waals surface area contributed by atoms with E-state index in [2.05, 4.69) is 27.2 Å². The molecular weight excluding hydrogens is 691 g/mol. The number of rotatable bonds is 13. The molecule has 0 saturated heterocycles. The predicted molar refractivity (Wildman–Crippen MR) is 190 cm³/mol. The quantitative estimate of drug-likeness (QED) is 0.104. The number of benzene rings is 3. The summed E-state index contributed by atoms with van der Waals surface area (Å²) in [5.74, 6) is 3.20. The smallest absolute Gasteiger partial charge is 1.00 e. The molecule has 15 heteroatoms. The number of hydrogen-bond acceptors (Lipinski definition) is 9. The molecule has 3 aromatic rings. The topological polar surface area (TPSA) is 149 Å². The fourth-order valence-electron chi connectivity index (χ4n) is 3.37. The van der Waals surface area contributed by atoms with Gasteiger partial charge in [0.1, 0.15) is 51.4 Å². The van der Waals surface area contributed by atoms with Crippen LogP contribution < -0.4 is 28.3 Å². The molecule has 0 saturated carbocycles. The standard InChI is InChI=1S/C13H13FO3.C12H11FO3.C8H7FO3.C5H8O.B.Li.H/c1-3-4-5-8-17-12-7-6-10(14)9-11(12)13(15)16-2;1-2-3-4-7-16-11-6-5-9(13)8-10(11)12(14)15;1-12-8(11)6-4-5(9)2-3-7(6)10;1-2-3-4-5-6;;;/h1,6-7,9H,4-5,8H2,2H3;1,5-6,8H,3-4,7H2,(H,14,15);2-4,10H,1H3;1,6H,3-5H2;;;/q;;;;;+1;-1. The average Bonchev–Trinajstić information content (AvgIpc) is 3.13. The Bertz CT molecular complexity index is 1690. The van der Waals surface area contributed by atoms with Gasteiger partial charge in [-0.05, 0) is 73.9 Å². The van der Waals surface area contributed by atoms with Crippen molar-refractivity contribution in [2.75, 3.05) is 34.0 Å². The predicted octanol–water partition coefficient (Wildman–Crippen LogP) is 3.17. The largest absolute Gasteiger partial charge is 1.00 e. The average molecular weight is 731 g/mol. The SMILES string of the molecule is C#CCCCO.C#CCCCOc1ccc(F)cc1C(=O)O.C#CCCCOc1ccc(F)cc1C(=O)OC.COC(=O)c1cc(F)ccc1O.[B].[H-].[Li+]. The van der Waals surface area contributed by atoms with Crippen molar-refractivity contribution < 1.29 is 82.1 Å². The van der Waals surface area contributed by atoms with Crippen molar-refractivity contribution in [2.24, 2.45) is 0 Å². The van der Waals surface area contributed by atoms with Crippen molar-refractivity contribution in [3.05, 3.63) is 88.7 Å². The minimum atomic E-state index is -1.22. The van der Waals surface area contributed by atoms with E-state index in [0.29, 0.717) is 51.1 Å². The Morgan fingerprint density at radius 3 is 1.45 bits per heavy atom. The second-order valence-electron chi connectivity index (χ2n) is 9.57. The number of phenolic OH excluding ortho intramolecular Hbond substituents is 1. The molecular formula is C38H40BF3LiO10. The van der Waals surface area contributed by atoms with Crippen LogP contribution in [0.3, 0.4) is 0 Å². The van der Waals surface area contributed by atoms with Crippen LogP contribution in [-0.4, -0.2) is 75.7 Å². The van der Waals surface area contributed by atoms with Gasteiger partial charge >= 0.3 is 36.8 Å². The first-order valence-corrected chi connectivity index (χ1v) is 15.0. The van der Waals surface area contributed by atoms with E-state index in [4.69, 9.17) is 44.1 Å². The number of carbonyl (C=O) groups is 3. The molecule has 0 spiro atoms. The first-order chi connectivity index (χ1) is 24.4. The van der Waals surface area contributed by atoms with Gasteiger partial charge in [0, 0.05) is 34.3 Å². The van der Waals surface area contributed by atoms with Crippen molar-refractivity contribution in [3.8, 4) is 54.3 Å². The number of carboxylic acids is 1. The third-order valence-electron chi connectivity index (χ3n) is 5.81. The van der Waals surface area contributed by atoms with E-state index in [9.17, 15) is 27.6 Å². The summed E-state index contributed by atoms with van der Waals surface area (Å²) in [6.07, 6.45) is 18.9. The molecule has 0 aliphatic rings. The number of carbonyl (C=O) groups excluding carboxylic acids is 2. The number of phenols is 1. The van der Waals surface area contributed by atoms with Crippen LogP contribution in [-0.2, 0) is 9.47 Å². The summed E-state index contributed by atoms with van der Waals surface area (Å²) in [5.41, 5.74) is -0.272. The number of terminal acetylenes is 3. The minimum Gasteiger partial charge on any atom is -1.00 e. The number of ether oxygens (including phenoxy) is 4. The van der Waals surface area contributed by atoms with Crippen molar-refractivity contribution in [3.63, 3.8) is 0 Å². The van der Waals surface area contributed by atoms with Gasteiger partial charge in [0.05, 0.1) is 27.4 Å². The second-order valence-corrected chi connectivity index (χ2v) is 9.57. The van der Waals surface area contributed by atoms with Crippen molar-refractivity contribution in [1.82, 2.24) is 0 Å². The Labute approximate surface area is 323 Å². The second kappa shape index (κ2) is 31.3. The maximum absolute atomic E-state index is 13.0. The molecule has 0 unspecified atom stereocenters. The van der Waals surface area contributed by atoms with Gasteiger partial charge < -0.3 is 35.7 Å². The third-order valence-corrected chi connectivity index (χ3v) is 5.81. The van der Waals surface area contributed by atoms with Crippen LogP contribution in [0.4, 0.5) is 13.2 Å². The molecule has 0 amide bonds. The number of aromatic carboxylic acids is 1. The van der Waals surface area contributed by atoms with Gasteiger partial charge in [-0.1, -0.05) is 0 Å². The summed E-state index contributed by atoms with van der Waals surface area (Å²) < 4.78 is 57.7. The molecule has 0 aromatic heterocycles. The van der Waals surface area contributed by atoms with Gasteiger partial charge in [-0.25, -0.2) is 27.6 Å². The van der Waals surface area contributed by atoms with Crippen LogP contribution in [0.5, 0.6) is 17.2 Å². The number of methoxy groups -OCH3 is 2. The van der Waals surface area contributed by atoms with E-state index in [1.807, 2.05) is 0 Å². The maximum atomic E-state index is 13.0. The number of carboxylic acid groups (broad SMARTS) is 1. The van der Waals surface area contributed by atoms with Crippen LogP contribution >= 0.6 is 0 Å². The summed E-state index contributed by atoms with van der Waals surface area (Å²) in [6.45, 7) is 0.903. The molecule has 0 atom stereocenters. The summed E-state index contributed by atoms with van der Waals surface area (Å²) in [7, 11) is 2.39. The van der Waals surface area contributed by atoms with Gasteiger partial charge in [-0.3, -0.25) is 0 Å². The Balaban J connectivity index is -0.000000318. The van der Waals surface area contributed by atoms with Gasteiger partial charge in [0.25, 0.3) is 0 Å². The molecule has 10 nitrogen and oxygen atoms in total. The molecule has 53 heavy (non-hydrogen) atoms. The minimum absolute atomic E-state index is 0. The summed E-state index contributed by atoms with van der Waals surface area (Å²) >= 11 is 0. The van der Waals surface area contributed by atoms with Gasteiger partial charge in [0.2, 0.25) is 0 Å². The molecule has 0 heterocycles. The zero-order chi connectivity index (χ0) is 38.6. The van der Waals surface area contributed by atoms with Crippen molar-refractivity contribution in [1.29, 1.82) is 0 Å². The molecule has 3 aromatic carbocycles. The maximum Gasteiger partial charge on any atom is 1.00 e. The van der Waals surface area contributed by atoms with Gasteiger partial charge in [0.15, 0.2) is 0 Å².